The lowest BCUT2D eigenvalue weighted by molar-refractivity contribution is 0.675. The topological polar surface area (TPSA) is 48.7 Å². The minimum atomic E-state index is 0.721. The van der Waals surface area contributed by atoms with Crippen molar-refractivity contribution in [1.82, 2.24) is 10.3 Å². The highest BCUT2D eigenvalue weighted by Gasteiger charge is 2.08. The van der Waals surface area contributed by atoms with Gasteiger partial charge >= 0.3 is 0 Å². The summed E-state index contributed by atoms with van der Waals surface area (Å²) in [7, 11) is 0. The van der Waals surface area contributed by atoms with Gasteiger partial charge in [-0.2, -0.15) is 5.26 Å². The summed E-state index contributed by atoms with van der Waals surface area (Å²) < 4.78 is 0.982. The molecule has 0 aliphatic heterocycles. The van der Waals surface area contributed by atoms with E-state index in [1.807, 2.05) is 24.4 Å². The van der Waals surface area contributed by atoms with Crippen molar-refractivity contribution in [2.24, 2.45) is 0 Å². The lowest BCUT2D eigenvalue weighted by Crippen LogP contribution is -2.13. The average Bonchev–Trinajstić information content (AvgIpc) is 2.86. The minimum Gasteiger partial charge on any atom is -0.313 e. The van der Waals surface area contributed by atoms with E-state index in [9.17, 15) is 5.26 Å². The Morgan fingerprint density at radius 2 is 2.30 bits per heavy atom. The molecule has 0 radical (unpaired) electrons. The van der Waals surface area contributed by atoms with E-state index in [4.69, 9.17) is 0 Å². The second kappa shape index (κ2) is 7.44. The molecular formula is C15H17N3S2. The van der Waals surface area contributed by atoms with Crippen LogP contribution in [-0.2, 0) is 6.54 Å². The van der Waals surface area contributed by atoms with Crippen LogP contribution in [0, 0.1) is 18.3 Å². The van der Waals surface area contributed by atoms with E-state index < -0.39 is 0 Å². The van der Waals surface area contributed by atoms with Crippen LogP contribution in [0.4, 0.5) is 0 Å². The molecule has 1 aromatic carbocycles. The Balaban J connectivity index is 2.11. The number of aromatic nitrogens is 1. The van der Waals surface area contributed by atoms with Crippen molar-refractivity contribution in [2.45, 2.75) is 36.0 Å². The fourth-order valence-electron chi connectivity index (χ4n) is 1.75. The van der Waals surface area contributed by atoms with Gasteiger partial charge in [-0.05, 0) is 37.6 Å². The van der Waals surface area contributed by atoms with E-state index >= 15 is 0 Å². The zero-order chi connectivity index (χ0) is 14.4. The monoisotopic (exact) mass is 303 g/mol. The van der Waals surface area contributed by atoms with Crippen LogP contribution in [0.25, 0.3) is 0 Å². The first-order chi connectivity index (χ1) is 9.72. The second-order valence-electron chi connectivity index (χ2n) is 4.48. The summed E-state index contributed by atoms with van der Waals surface area (Å²) in [5, 5.41) is 14.7. The van der Waals surface area contributed by atoms with E-state index in [2.05, 4.69) is 29.4 Å². The molecule has 1 aromatic heterocycles. The molecule has 2 rings (SSSR count). The maximum absolute atomic E-state index is 9.30. The van der Waals surface area contributed by atoms with Gasteiger partial charge in [0.15, 0.2) is 4.34 Å². The number of aryl methyl sites for hydroxylation is 1. The molecule has 0 fully saturated rings. The Hall–Kier alpha value is -1.35. The highest BCUT2D eigenvalue weighted by Crippen LogP contribution is 2.32. The molecule has 0 saturated carbocycles. The van der Waals surface area contributed by atoms with Gasteiger partial charge in [0, 0.05) is 22.5 Å². The highest BCUT2D eigenvalue weighted by molar-refractivity contribution is 8.01. The maximum Gasteiger partial charge on any atom is 0.154 e. The van der Waals surface area contributed by atoms with Crippen molar-refractivity contribution in [3.05, 3.63) is 40.4 Å². The summed E-state index contributed by atoms with van der Waals surface area (Å²) in [6, 6.07) is 8.34. The predicted octanol–water partition coefficient (Wildman–Crippen LogP) is 3.97. The number of hydrogen-bond donors (Lipinski definition) is 1. The van der Waals surface area contributed by atoms with Crippen molar-refractivity contribution < 1.29 is 0 Å². The third-order valence-corrected chi connectivity index (χ3v) is 4.85. The lowest BCUT2D eigenvalue weighted by Gasteiger charge is -2.06. The summed E-state index contributed by atoms with van der Waals surface area (Å²) in [6.45, 7) is 5.93. The quantitative estimate of drug-likeness (QED) is 0.820. The van der Waals surface area contributed by atoms with Crippen LogP contribution in [0.2, 0.25) is 0 Å². The van der Waals surface area contributed by atoms with Crippen molar-refractivity contribution >= 4 is 23.1 Å². The van der Waals surface area contributed by atoms with E-state index in [0.717, 1.165) is 45.6 Å². The Bertz CT molecular complexity index is 614. The summed E-state index contributed by atoms with van der Waals surface area (Å²) in [4.78, 5) is 5.40. The van der Waals surface area contributed by atoms with Gasteiger partial charge in [0.2, 0.25) is 0 Å². The Labute approximate surface area is 128 Å². The largest absolute Gasteiger partial charge is 0.313 e. The molecule has 20 heavy (non-hydrogen) atoms. The normalized spacial score (nSPS) is 10.4. The molecule has 0 aliphatic rings. The van der Waals surface area contributed by atoms with Gasteiger partial charge in [-0.25, -0.2) is 4.98 Å². The van der Waals surface area contributed by atoms with Crippen LogP contribution < -0.4 is 5.32 Å². The molecule has 0 bridgehead atoms. The van der Waals surface area contributed by atoms with Crippen molar-refractivity contribution in [2.75, 3.05) is 6.54 Å². The molecular weight excluding hydrogens is 286 g/mol. The van der Waals surface area contributed by atoms with Crippen LogP contribution in [-0.4, -0.2) is 11.5 Å². The van der Waals surface area contributed by atoms with E-state index in [-0.39, 0.29) is 0 Å². The first-order valence-electron chi connectivity index (χ1n) is 6.56. The fourth-order valence-corrected chi connectivity index (χ4v) is 3.60. The number of nitrogens with one attached hydrogen (secondary N) is 1. The zero-order valence-corrected chi connectivity index (χ0v) is 13.3. The molecule has 0 amide bonds. The molecule has 0 unspecified atom stereocenters. The van der Waals surface area contributed by atoms with E-state index in [1.54, 1.807) is 23.1 Å². The number of nitriles is 1. The molecule has 0 spiro atoms. The van der Waals surface area contributed by atoms with Gasteiger partial charge in [0.1, 0.15) is 6.07 Å². The Kier molecular flexibility index (Phi) is 5.60. The van der Waals surface area contributed by atoms with Crippen molar-refractivity contribution in [1.29, 1.82) is 5.26 Å². The Morgan fingerprint density at radius 3 is 2.95 bits per heavy atom. The average molecular weight is 303 g/mol. The molecule has 0 aliphatic carbocycles. The van der Waals surface area contributed by atoms with Gasteiger partial charge in [-0.3, -0.25) is 0 Å². The van der Waals surface area contributed by atoms with Crippen LogP contribution in [0.15, 0.2) is 32.8 Å². The second-order valence-corrected chi connectivity index (χ2v) is 6.62. The molecule has 2 aromatic rings. The van der Waals surface area contributed by atoms with Gasteiger partial charge in [0.25, 0.3) is 0 Å². The third kappa shape index (κ3) is 4.07. The van der Waals surface area contributed by atoms with Gasteiger partial charge in [0.05, 0.1) is 5.56 Å². The molecule has 1 N–H and O–H groups in total. The Morgan fingerprint density at radius 1 is 1.45 bits per heavy atom. The molecule has 5 heteroatoms. The van der Waals surface area contributed by atoms with Crippen LogP contribution >= 0.6 is 23.1 Å². The molecule has 1 heterocycles. The van der Waals surface area contributed by atoms with E-state index in [0.29, 0.717) is 0 Å². The van der Waals surface area contributed by atoms with E-state index in [1.165, 1.54) is 0 Å². The van der Waals surface area contributed by atoms with Crippen LogP contribution in [0.3, 0.4) is 0 Å². The summed E-state index contributed by atoms with van der Waals surface area (Å²) >= 11 is 3.18. The smallest absolute Gasteiger partial charge is 0.154 e. The SMILES string of the molecule is CCCNCc1ccc(Sc2nc(C)cs2)c(C#N)c1. The summed E-state index contributed by atoms with van der Waals surface area (Å²) in [5.74, 6) is 0. The van der Waals surface area contributed by atoms with Gasteiger partial charge in [-0.15, -0.1) is 11.3 Å². The molecule has 104 valence electrons. The van der Waals surface area contributed by atoms with Gasteiger partial charge in [-0.1, -0.05) is 24.8 Å². The molecule has 3 nitrogen and oxygen atoms in total. The minimum absolute atomic E-state index is 0.721. The number of nitrogens with zero attached hydrogens (tertiary/aromatic N) is 2. The van der Waals surface area contributed by atoms with Crippen LogP contribution in [0.5, 0.6) is 0 Å². The standard InChI is InChI=1S/C15H17N3S2/c1-3-6-17-9-12-4-5-14(13(7-12)8-16)20-15-18-11(2)10-19-15/h4-5,7,10,17H,3,6,9H2,1-2H3. The number of thiazole rings is 1. The lowest BCUT2D eigenvalue weighted by atomic mass is 10.1. The molecule has 0 saturated heterocycles. The number of rotatable bonds is 6. The summed E-state index contributed by atoms with van der Waals surface area (Å²) in [6.07, 6.45) is 1.11. The first kappa shape index (κ1) is 15.0. The van der Waals surface area contributed by atoms with Crippen molar-refractivity contribution in [3.8, 4) is 6.07 Å². The summed E-state index contributed by atoms with van der Waals surface area (Å²) in [5.41, 5.74) is 2.89. The van der Waals surface area contributed by atoms with Gasteiger partial charge < -0.3 is 5.32 Å². The third-order valence-electron chi connectivity index (χ3n) is 2.72. The highest BCUT2D eigenvalue weighted by atomic mass is 32.2. The maximum atomic E-state index is 9.30. The zero-order valence-electron chi connectivity index (χ0n) is 11.6. The van der Waals surface area contributed by atoms with Crippen LogP contribution in [0.1, 0.15) is 30.2 Å². The number of hydrogen-bond acceptors (Lipinski definition) is 5. The first-order valence-corrected chi connectivity index (χ1v) is 8.26. The van der Waals surface area contributed by atoms with Crippen molar-refractivity contribution in [3.63, 3.8) is 0 Å². The number of benzene rings is 1. The molecule has 0 atom stereocenters. The fraction of sp³-hybridized carbons (Fsp3) is 0.333. The predicted molar refractivity (Wildman–Crippen MR) is 84.1 cm³/mol.